The van der Waals surface area contributed by atoms with Crippen LogP contribution in [0.3, 0.4) is 0 Å². The quantitative estimate of drug-likeness (QED) is 0.564. The van der Waals surface area contributed by atoms with Crippen LogP contribution in [0, 0.1) is 23.7 Å². The molecule has 0 amide bonds. The van der Waals surface area contributed by atoms with Gasteiger partial charge in [0.2, 0.25) is 0 Å². The number of carbonyl (C=O) groups excluding carboxylic acids is 1. The highest BCUT2D eigenvalue weighted by Crippen LogP contribution is 2.47. The summed E-state index contributed by atoms with van der Waals surface area (Å²) in [7, 11) is 0. The summed E-state index contributed by atoms with van der Waals surface area (Å²) < 4.78 is 12.7. The molecule has 0 bridgehead atoms. The lowest BCUT2D eigenvalue weighted by Gasteiger charge is -2.45. The minimum absolute atomic E-state index is 0.00318. The third-order valence-corrected chi connectivity index (χ3v) is 8.34. The van der Waals surface area contributed by atoms with Crippen molar-refractivity contribution in [3.63, 3.8) is 0 Å². The molecule has 5 aliphatic rings. The van der Waals surface area contributed by atoms with Crippen LogP contribution in [0.5, 0.6) is 0 Å². The predicted molar refractivity (Wildman–Crippen MR) is 105 cm³/mol. The summed E-state index contributed by atoms with van der Waals surface area (Å²) in [5, 5.41) is 0. The van der Waals surface area contributed by atoms with Gasteiger partial charge in [-0.05, 0) is 75.2 Å². The standard InChI is InChI=1S/C24H36O3/c25-24(26-18-14-13-16-7-1-2-8-17(16)15-18)23-19-9-3-5-11-21(19)27-22-12-6-4-10-20(22)23/h16-19,21,23H,1-15H2. The third kappa shape index (κ3) is 3.56. The van der Waals surface area contributed by atoms with Crippen LogP contribution in [-0.2, 0) is 14.3 Å². The second-order valence-corrected chi connectivity index (χ2v) is 9.91. The Morgan fingerprint density at radius 1 is 0.815 bits per heavy atom. The highest BCUT2D eigenvalue weighted by atomic mass is 16.5. The van der Waals surface area contributed by atoms with Gasteiger partial charge in [0, 0.05) is 12.3 Å². The van der Waals surface area contributed by atoms with Gasteiger partial charge in [0.15, 0.2) is 0 Å². The molecule has 3 saturated carbocycles. The number of hydrogen-bond acceptors (Lipinski definition) is 3. The van der Waals surface area contributed by atoms with Crippen LogP contribution in [0.2, 0.25) is 0 Å². The van der Waals surface area contributed by atoms with Crippen LogP contribution in [0.4, 0.5) is 0 Å². The lowest BCUT2D eigenvalue weighted by Crippen LogP contribution is -2.44. The molecule has 0 radical (unpaired) electrons. The zero-order valence-electron chi connectivity index (χ0n) is 16.8. The van der Waals surface area contributed by atoms with E-state index in [0.29, 0.717) is 5.92 Å². The van der Waals surface area contributed by atoms with Crippen molar-refractivity contribution >= 4 is 5.97 Å². The van der Waals surface area contributed by atoms with E-state index in [4.69, 9.17) is 9.47 Å². The Morgan fingerprint density at radius 2 is 1.59 bits per heavy atom. The van der Waals surface area contributed by atoms with E-state index in [9.17, 15) is 4.79 Å². The normalized spacial score (nSPS) is 41.6. The summed E-state index contributed by atoms with van der Waals surface area (Å²) in [5.74, 6) is 3.36. The average Bonchev–Trinajstić information content (AvgIpc) is 2.71. The molecule has 6 unspecified atom stereocenters. The first-order valence-corrected chi connectivity index (χ1v) is 11.9. The fraction of sp³-hybridized carbons (Fsp3) is 0.875. The van der Waals surface area contributed by atoms with Crippen molar-refractivity contribution in [2.75, 3.05) is 0 Å². The topological polar surface area (TPSA) is 35.5 Å². The molecule has 0 aromatic carbocycles. The fourth-order valence-corrected chi connectivity index (χ4v) is 6.95. The molecule has 0 spiro atoms. The van der Waals surface area contributed by atoms with Crippen molar-refractivity contribution in [2.45, 2.75) is 109 Å². The Labute approximate surface area is 164 Å². The first-order valence-electron chi connectivity index (χ1n) is 11.9. The number of hydrogen-bond donors (Lipinski definition) is 0. The second-order valence-electron chi connectivity index (χ2n) is 9.91. The van der Waals surface area contributed by atoms with Gasteiger partial charge >= 0.3 is 5.97 Å². The molecule has 6 atom stereocenters. The van der Waals surface area contributed by atoms with Gasteiger partial charge in [-0.3, -0.25) is 4.79 Å². The maximum Gasteiger partial charge on any atom is 0.313 e. The minimum atomic E-state index is 0.00318. The summed E-state index contributed by atoms with van der Waals surface area (Å²) in [4.78, 5) is 13.4. The highest BCUT2D eigenvalue weighted by molar-refractivity contribution is 5.77. The maximum atomic E-state index is 13.4. The SMILES string of the molecule is O=C(OC1CCC2CCCCC2C1)C1C2=C(CCCC2)OC2CCCCC21. The van der Waals surface area contributed by atoms with Crippen LogP contribution in [0.1, 0.15) is 96.3 Å². The van der Waals surface area contributed by atoms with Crippen LogP contribution in [0.15, 0.2) is 11.3 Å². The van der Waals surface area contributed by atoms with Crippen LogP contribution >= 0.6 is 0 Å². The number of allylic oxidation sites excluding steroid dienone is 1. The van der Waals surface area contributed by atoms with E-state index in [0.717, 1.165) is 50.4 Å². The molecule has 5 rings (SSSR count). The molecule has 1 heterocycles. The van der Waals surface area contributed by atoms with Crippen molar-refractivity contribution < 1.29 is 14.3 Å². The Morgan fingerprint density at radius 3 is 2.52 bits per heavy atom. The molecule has 0 saturated heterocycles. The Hall–Kier alpha value is -0.990. The number of ether oxygens (including phenoxy) is 2. The average molecular weight is 373 g/mol. The minimum Gasteiger partial charge on any atom is -0.494 e. The smallest absolute Gasteiger partial charge is 0.313 e. The van der Waals surface area contributed by atoms with Crippen molar-refractivity contribution in [3.8, 4) is 0 Å². The molecule has 0 N–H and O–H groups in total. The zero-order chi connectivity index (χ0) is 18.2. The Balaban J connectivity index is 1.31. The van der Waals surface area contributed by atoms with Gasteiger partial charge in [0.05, 0.1) is 11.7 Å². The van der Waals surface area contributed by atoms with E-state index in [-0.39, 0.29) is 24.1 Å². The van der Waals surface area contributed by atoms with E-state index >= 15 is 0 Å². The highest BCUT2D eigenvalue weighted by Gasteiger charge is 2.46. The lowest BCUT2D eigenvalue weighted by atomic mass is 9.69. The van der Waals surface area contributed by atoms with Crippen molar-refractivity contribution in [1.29, 1.82) is 0 Å². The molecule has 3 fully saturated rings. The van der Waals surface area contributed by atoms with Crippen molar-refractivity contribution in [2.24, 2.45) is 23.7 Å². The Bertz CT molecular complexity index is 594. The number of esters is 1. The molecule has 3 nitrogen and oxygen atoms in total. The van der Waals surface area contributed by atoms with Crippen LogP contribution in [0.25, 0.3) is 0 Å². The molecule has 0 aromatic heterocycles. The van der Waals surface area contributed by atoms with Gasteiger partial charge in [0.25, 0.3) is 0 Å². The predicted octanol–water partition coefficient (Wildman–Crippen LogP) is 5.92. The molecule has 3 heteroatoms. The summed E-state index contributed by atoms with van der Waals surface area (Å²) in [6.07, 6.45) is 18.7. The molecule has 150 valence electrons. The first-order chi connectivity index (χ1) is 13.3. The van der Waals surface area contributed by atoms with Crippen LogP contribution in [-0.4, -0.2) is 18.2 Å². The van der Waals surface area contributed by atoms with E-state index in [1.54, 1.807) is 0 Å². The van der Waals surface area contributed by atoms with Crippen LogP contribution < -0.4 is 0 Å². The Kier molecular flexibility index (Phi) is 5.21. The second kappa shape index (κ2) is 7.79. The van der Waals surface area contributed by atoms with E-state index < -0.39 is 0 Å². The summed E-state index contributed by atoms with van der Waals surface area (Å²) in [6.45, 7) is 0. The van der Waals surface area contributed by atoms with Gasteiger partial charge in [-0.25, -0.2) is 0 Å². The number of fused-ring (bicyclic) bond motifs is 2. The van der Waals surface area contributed by atoms with Gasteiger partial charge < -0.3 is 9.47 Å². The molecular weight excluding hydrogens is 336 g/mol. The number of rotatable bonds is 2. The molecule has 1 aliphatic heterocycles. The largest absolute Gasteiger partial charge is 0.494 e. The summed E-state index contributed by atoms with van der Waals surface area (Å²) in [6, 6.07) is 0. The summed E-state index contributed by atoms with van der Waals surface area (Å²) >= 11 is 0. The third-order valence-electron chi connectivity index (χ3n) is 8.34. The van der Waals surface area contributed by atoms with Gasteiger partial charge in [-0.1, -0.05) is 32.1 Å². The monoisotopic (exact) mass is 372 g/mol. The fourth-order valence-electron chi connectivity index (χ4n) is 6.95. The van der Waals surface area contributed by atoms with E-state index in [1.807, 2.05) is 0 Å². The van der Waals surface area contributed by atoms with Crippen molar-refractivity contribution in [3.05, 3.63) is 11.3 Å². The molecular formula is C24H36O3. The van der Waals surface area contributed by atoms with Crippen molar-refractivity contribution in [1.82, 2.24) is 0 Å². The number of carbonyl (C=O) groups is 1. The van der Waals surface area contributed by atoms with Gasteiger partial charge in [0.1, 0.15) is 12.2 Å². The molecule has 4 aliphatic carbocycles. The zero-order valence-corrected chi connectivity index (χ0v) is 16.8. The van der Waals surface area contributed by atoms with E-state index in [1.165, 1.54) is 69.1 Å². The van der Waals surface area contributed by atoms with Gasteiger partial charge in [-0.2, -0.15) is 0 Å². The van der Waals surface area contributed by atoms with E-state index in [2.05, 4.69) is 0 Å². The lowest BCUT2D eigenvalue weighted by molar-refractivity contribution is -0.162. The first kappa shape index (κ1) is 18.1. The summed E-state index contributed by atoms with van der Waals surface area (Å²) in [5.41, 5.74) is 1.32. The molecule has 27 heavy (non-hydrogen) atoms. The molecule has 0 aromatic rings. The van der Waals surface area contributed by atoms with Gasteiger partial charge in [-0.15, -0.1) is 0 Å². The maximum absolute atomic E-state index is 13.4.